The highest BCUT2D eigenvalue weighted by Gasteiger charge is 2.47. The first kappa shape index (κ1) is 21.0. The van der Waals surface area contributed by atoms with E-state index in [0.717, 1.165) is 10.5 Å². The summed E-state index contributed by atoms with van der Waals surface area (Å²) >= 11 is 0. The molecule has 9 heteroatoms. The van der Waals surface area contributed by atoms with Crippen LogP contribution in [0.5, 0.6) is 0 Å². The van der Waals surface area contributed by atoms with Crippen LogP contribution in [-0.4, -0.2) is 39.8 Å². The molecule has 9 nitrogen and oxygen atoms in total. The summed E-state index contributed by atoms with van der Waals surface area (Å²) in [6, 6.07) is 13.3. The fraction of sp³-hybridized carbons (Fsp3) is 0.286. The van der Waals surface area contributed by atoms with E-state index in [1.54, 1.807) is 6.92 Å². The second-order valence-electron chi connectivity index (χ2n) is 7.39. The lowest BCUT2D eigenvalue weighted by atomic mass is 9.93. The van der Waals surface area contributed by atoms with E-state index in [1.165, 1.54) is 25.1 Å². The Morgan fingerprint density at radius 3 is 2.53 bits per heavy atom. The summed E-state index contributed by atoms with van der Waals surface area (Å²) in [5.41, 5.74) is 0.359. The Labute approximate surface area is 173 Å². The topological polar surface area (TPSA) is 122 Å². The second kappa shape index (κ2) is 8.32. The van der Waals surface area contributed by atoms with E-state index >= 15 is 0 Å². The van der Waals surface area contributed by atoms with Gasteiger partial charge in [-0.15, -0.1) is 0 Å². The van der Waals surface area contributed by atoms with Crippen LogP contribution in [0.1, 0.15) is 24.5 Å². The maximum Gasteiger partial charge on any atom is 0.325 e. The third kappa shape index (κ3) is 4.29. The Balaban J connectivity index is 1.66. The molecule has 1 aliphatic heterocycles. The van der Waals surface area contributed by atoms with Gasteiger partial charge in [0.25, 0.3) is 11.6 Å². The quantitative estimate of drug-likeness (QED) is 0.413. The van der Waals surface area contributed by atoms with Gasteiger partial charge in [-0.3, -0.25) is 24.6 Å². The minimum Gasteiger partial charge on any atom is -0.324 e. The maximum atomic E-state index is 12.8. The average molecular weight is 410 g/mol. The van der Waals surface area contributed by atoms with Crippen molar-refractivity contribution in [2.24, 2.45) is 0 Å². The van der Waals surface area contributed by atoms with Gasteiger partial charge in [-0.25, -0.2) is 4.79 Å². The standard InChI is InChI=1S/C21H22N4O5/c1-14-16(9-6-10-17(14)25(29)30)22-18(26)13-24-19(27)21(2,23-20(24)28)12-11-15-7-4-3-5-8-15/h3-10H,11-13H2,1-2H3,(H,22,26)(H,23,28)/t21-/m0/s1. The number of amides is 4. The van der Waals surface area contributed by atoms with E-state index in [9.17, 15) is 24.5 Å². The van der Waals surface area contributed by atoms with Gasteiger partial charge in [0.15, 0.2) is 0 Å². The summed E-state index contributed by atoms with van der Waals surface area (Å²) in [6.45, 7) is 2.68. The molecule has 1 aliphatic rings. The molecule has 0 spiro atoms. The summed E-state index contributed by atoms with van der Waals surface area (Å²) in [7, 11) is 0. The molecule has 0 radical (unpaired) electrons. The van der Waals surface area contributed by atoms with Crippen LogP contribution in [0.4, 0.5) is 16.2 Å². The van der Waals surface area contributed by atoms with E-state index in [-0.39, 0.29) is 11.4 Å². The Bertz CT molecular complexity index is 1010. The first-order valence-corrected chi connectivity index (χ1v) is 9.43. The molecule has 1 atom stereocenters. The number of carbonyl (C=O) groups is 3. The predicted molar refractivity (Wildman–Crippen MR) is 110 cm³/mol. The lowest BCUT2D eigenvalue weighted by Crippen LogP contribution is -2.45. The predicted octanol–water partition coefficient (Wildman–Crippen LogP) is 2.79. The minimum absolute atomic E-state index is 0.128. The van der Waals surface area contributed by atoms with E-state index in [0.29, 0.717) is 18.4 Å². The molecule has 156 valence electrons. The molecule has 0 unspecified atom stereocenters. The number of rotatable bonds is 7. The highest BCUT2D eigenvalue weighted by atomic mass is 16.6. The summed E-state index contributed by atoms with van der Waals surface area (Å²) in [5.74, 6) is -1.09. The molecule has 2 aromatic carbocycles. The molecule has 0 saturated carbocycles. The number of benzene rings is 2. The van der Waals surface area contributed by atoms with Crippen molar-refractivity contribution in [3.8, 4) is 0 Å². The number of carbonyl (C=O) groups excluding carboxylic acids is 3. The van der Waals surface area contributed by atoms with Gasteiger partial charge in [0.1, 0.15) is 12.1 Å². The number of hydrogen-bond acceptors (Lipinski definition) is 5. The number of aryl methyl sites for hydroxylation is 1. The lowest BCUT2D eigenvalue weighted by molar-refractivity contribution is -0.385. The van der Waals surface area contributed by atoms with Crippen LogP contribution >= 0.6 is 0 Å². The molecule has 1 saturated heterocycles. The molecular formula is C21H22N4O5. The zero-order valence-corrected chi connectivity index (χ0v) is 16.7. The zero-order chi connectivity index (χ0) is 21.9. The summed E-state index contributed by atoms with van der Waals surface area (Å²) in [4.78, 5) is 49.0. The van der Waals surface area contributed by atoms with E-state index in [4.69, 9.17) is 0 Å². The van der Waals surface area contributed by atoms with Crippen molar-refractivity contribution in [1.82, 2.24) is 10.2 Å². The number of nitrogens with one attached hydrogen (secondary N) is 2. The number of urea groups is 1. The molecule has 2 N–H and O–H groups in total. The molecule has 30 heavy (non-hydrogen) atoms. The Morgan fingerprint density at radius 2 is 1.87 bits per heavy atom. The van der Waals surface area contributed by atoms with Gasteiger partial charge in [-0.2, -0.15) is 0 Å². The van der Waals surface area contributed by atoms with Crippen LogP contribution in [0.2, 0.25) is 0 Å². The summed E-state index contributed by atoms with van der Waals surface area (Å²) < 4.78 is 0. The number of imide groups is 1. The van der Waals surface area contributed by atoms with Crippen LogP contribution < -0.4 is 10.6 Å². The second-order valence-corrected chi connectivity index (χ2v) is 7.39. The highest BCUT2D eigenvalue weighted by Crippen LogP contribution is 2.26. The van der Waals surface area contributed by atoms with Crippen LogP contribution in [0, 0.1) is 17.0 Å². The van der Waals surface area contributed by atoms with E-state index < -0.39 is 34.9 Å². The minimum atomic E-state index is -1.10. The Kier molecular flexibility index (Phi) is 5.81. The average Bonchev–Trinajstić information content (AvgIpc) is 2.92. The van der Waals surface area contributed by atoms with Crippen LogP contribution in [0.25, 0.3) is 0 Å². The molecule has 0 aliphatic carbocycles. The number of nitro groups is 1. The third-order valence-electron chi connectivity index (χ3n) is 5.18. The van der Waals surface area contributed by atoms with Gasteiger partial charge in [-0.05, 0) is 38.3 Å². The van der Waals surface area contributed by atoms with Crippen molar-refractivity contribution in [1.29, 1.82) is 0 Å². The van der Waals surface area contributed by atoms with Crippen molar-refractivity contribution < 1.29 is 19.3 Å². The third-order valence-corrected chi connectivity index (χ3v) is 5.18. The number of nitrogens with zero attached hydrogens (tertiary/aromatic N) is 2. The SMILES string of the molecule is Cc1c(NC(=O)CN2C(=O)N[C@@](C)(CCc3ccccc3)C2=O)cccc1[N+](=O)[O-]. The van der Waals surface area contributed by atoms with Crippen molar-refractivity contribution >= 4 is 29.2 Å². The van der Waals surface area contributed by atoms with Crippen molar-refractivity contribution in [2.75, 3.05) is 11.9 Å². The fourth-order valence-electron chi connectivity index (χ4n) is 3.39. The maximum absolute atomic E-state index is 12.8. The van der Waals surface area contributed by atoms with E-state index in [2.05, 4.69) is 10.6 Å². The van der Waals surface area contributed by atoms with Gasteiger partial charge in [-0.1, -0.05) is 36.4 Å². The van der Waals surface area contributed by atoms with Crippen LogP contribution in [0.3, 0.4) is 0 Å². The van der Waals surface area contributed by atoms with Gasteiger partial charge in [0, 0.05) is 6.07 Å². The summed E-state index contributed by atoms with van der Waals surface area (Å²) in [5, 5.41) is 16.3. The molecule has 0 aromatic heterocycles. The lowest BCUT2D eigenvalue weighted by Gasteiger charge is -2.21. The number of nitro benzene ring substituents is 1. The monoisotopic (exact) mass is 410 g/mol. The molecule has 4 amide bonds. The Morgan fingerprint density at radius 1 is 1.17 bits per heavy atom. The van der Waals surface area contributed by atoms with Crippen LogP contribution in [0.15, 0.2) is 48.5 Å². The molecule has 0 bridgehead atoms. The summed E-state index contributed by atoms with van der Waals surface area (Å²) in [6.07, 6.45) is 0.986. The molecule has 1 heterocycles. The van der Waals surface area contributed by atoms with Crippen LogP contribution in [-0.2, 0) is 16.0 Å². The van der Waals surface area contributed by atoms with Crippen molar-refractivity contribution in [3.05, 3.63) is 69.8 Å². The normalized spacial score (nSPS) is 18.3. The number of hydrogen-bond donors (Lipinski definition) is 2. The number of anilines is 1. The van der Waals surface area contributed by atoms with Crippen molar-refractivity contribution in [3.63, 3.8) is 0 Å². The largest absolute Gasteiger partial charge is 0.325 e. The van der Waals surface area contributed by atoms with Gasteiger partial charge >= 0.3 is 6.03 Å². The first-order valence-electron chi connectivity index (χ1n) is 9.43. The van der Waals surface area contributed by atoms with Gasteiger partial charge < -0.3 is 10.6 Å². The Hall–Kier alpha value is -3.75. The van der Waals surface area contributed by atoms with Gasteiger partial charge in [0.05, 0.1) is 16.2 Å². The smallest absolute Gasteiger partial charge is 0.324 e. The highest BCUT2D eigenvalue weighted by molar-refractivity contribution is 6.10. The molecule has 3 rings (SSSR count). The fourth-order valence-corrected chi connectivity index (χ4v) is 3.39. The van der Waals surface area contributed by atoms with Crippen molar-refractivity contribution in [2.45, 2.75) is 32.2 Å². The van der Waals surface area contributed by atoms with E-state index in [1.807, 2.05) is 30.3 Å². The molecule has 2 aromatic rings. The molecule has 1 fully saturated rings. The molecular weight excluding hydrogens is 388 g/mol. The first-order chi connectivity index (χ1) is 14.2. The van der Waals surface area contributed by atoms with Gasteiger partial charge in [0.2, 0.25) is 5.91 Å². The zero-order valence-electron chi connectivity index (χ0n) is 16.7.